The lowest BCUT2D eigenvalue weighted by Gasteiger charge is -2.34. The van der Waals surface area contributed by atoms with E-state index in [1.165, 1.54) is 6.07 Å². The maximum Gasteiger partial charge on any atom is 0.124 e. The van der Waals surface area contributed by atoms with Crippen LogP contribution in [0.4, 0.5) is 4.39 Å². The number of phenolic OH excluding ortho intramolecular Hbond substituents is 1. The van der Waals surface area contributed by atoms with Gasteiger partial charge in [-0.15, -0.1) is 0 Å². The van der Waals surface area contributed by atoms with Crippen LogP contribution in [0, 0.1) is 5.82 Å². The minimum atomic E-state index is -0.240. The lowest BCUT2D eigenvalue weighted by Crippen LogP contribution is -2.40. The molecule has 0 radical (unpaired) electrons. The summed E-state index contributed by atoms with van der Waals surface area (Å²) in [6.07, 6.45) is 1.67. The van der Waals surface area contributed by atoms with Crippen molar-refractivity contribution < 1.29 is 14.2 Å². The van der Waals surface area contributed by atoms with Crippen molar-refractivity contribution in [1.29, 1.82) is 0 Å². The Bertz CT molecular complexity index is 699. The molecule has 24 heavy (non-hydrogen) atoms. The molecule has 4 nitrogen and oxygen atoms in total. The first-order chi connectivity index (χ1) is 11.7. The third-order valence-electron chi connectivity index (χ3n) is 4.17. The zero-order valence-electron chi connectivity index (χ0n) is 13.4. The molecule has 1 aliphatic heterocycles. The molecule has 0 aromatic heterocycles. The van der Waals surface area contributed by atoms with E-state index in [0.717, 1.165) is 18.7 Å². The summed E-state index contributed by atoms with van der Waals surface area (Å²) in [6.45, 7) is 3.45. The Morgan fingerprint density at radius 2 is 1.96 bits per heavy atom. The van der Waals surface area contributed by atoms with Crippen LogP contribution in [0.2, 0.25) is 0 Å². The molecule has 0 spiro atoms. The van der Waals surface area contributed by atoms with Gasteiger partial charge in [-0.3, -0.25) is 9.89 Å². The Morgan fingerprint density at radius 1 is 1.17 bits per heavy atom. The highest BCUT2D eigenvalue weighted by Gasteiger charge is 2.22. The van der Waals surface area contributed by atoms with Gasteiger partial charge in [0.2, 0.25) is 0 Å². The zero-order valence-corrected chi connectivity index (χ0v) is 13.4. The number of phenols is 1. The number of halogens is 1. The molecule has 126 valence electrons. The molecule has 0 aliphatic carbocycles. The van der Waals surface area contributed by atoms with Gasteiger partial charge in [-0.25, -0.2) is 4.39 Å². The molecule has 1 fully saturated rings. The van der Waals surface area contributed by atoms with Gasteiger partial charge >= 0.3 is 0 Å². The summed E-state index contributed by atoms with van der Waals surface area (Å²) in [7, 11) is 0. The zero-order chi connectivity index (χ0) is 16.8. The average molecular weight is 328 g/mol. The molecule has 0 amide bonds. The van der Waals surface area contributed by atoms with E-state index in [1.54, 1.807) is 30.5 Å². The van der Waals surface area contributed by atoms with Gasteiger partial charge < -0.3 is 9.84 Å². The summed E-state index contributed by atoms with van der Waals surface area (Å²) >= 11 is 0. The van der Waals surface area contributed by atoms with Crippen molar-refractivity contribution in [1.82, 2.24) is 4.90 Å². The van der Waals surface area contributed by atoms with E-state index in [4.69, 9.17) is 4.74 Å². The number of hydrogen-bond donors (Lipinski definition) is 1. The fraction of sp³-hybridized carbons (Fsp3) is 0.316. The quantitative estimate of drug-likeness (QED) is 0.858. The Labute approximate surface area is 141 Å². The minimum absolute atomic E-state index is 0.00768. The van der Waals surface area contributed by atoms with Crippen molar-refractivity contribution in [2.75, 3.05) is 32.8 Å². The largest absolute Gasteiger partial charge is 0.507 e. The second-order valence-corrected chi connectivity index (χ2v) is 5.77. The van der Waals surface area contributed by atoms with Crippen LogP contribution in [-0.2, 0) is 4.74 Å². The predicted octanol–water partition coefficient (Wildman–Crippen LogP) is 3.02. The Hall–Kier alpha value is -2.24. The van der Waals surface area contributed by atoms with Crippen molar-refractivity contribution in [2.45, 2.75) is 6.04 Å². The van der Waals surface area contributed by atoms with Crippen LogP contribution in [0.5, 0.6) is 5.75 Å². The first-order valence-electron chi connectivity index (χ1n) is 8.09. The number of aliphatic imine (C=N–C) groups is 1. The fourth-order valence-corrected chi connectivity index (χ4v) is 2.88. The summed E-state index contributed by atoms with van der Waals surface area (Å²) in [4.78, 5) is 6.76. The number of aromatic hydroxyl groups is 1. The Morgan fingerprint density at radius 3 is 2.71 bits per heavy atom. The molecule has 2 aromatic rings. The Kier molecular flexibility index (Phi) is 5.56. The van der Waals surface area contributed by atoms with E-state index in [-0.39, 0.29) is 17.6 Å². The number of nitrogens with zero attached hydrogens (tertiary/aromatic N) is 2. The van der Waals surface area contributed by atoms with Crippen LogP contribution in [0.3, 0.4) is 0 Å². The monoisotopic (exact) mass is 328 g/mol. The van der Waals surface area contributed by atoms with Crippen LogP contribution in [0.15, 0.2) is 53.5 Å². The van der Waals surface area contributed by atoms with Gasteiger partial charge in [0.25, 0.3) is 0 Å². The van der Waals surface area contributed by atoms with E-state index < -0.39 is 0 Å². The molecule has 0 bridgehead atoms. The van der Waals surface area contributed by atoms with Crippen molar-refractivity contribution in [2.24, 2.45) is 4.99 Å². The molecule has 1 aliphatic rings. The number of hydrogen-bond acceptors (Lipinski definition) is 4. The molecule has 0 saturated carbocycles. The summed E-state index contributed by atoms with van der Waals surface area (Å²) in [6, 6.07) is 13.7. The van der Waals surface area contributed by atoms with Crippen molar-refractivity contribution >= 4 is 6.21 Å². The second kappa shape index (κ2) is 8.04. The van der Waals surface area contributed by atoms with Crippen LogP contribution >= 0.6 is 0 Å². The molecular weight excluding hydrogens is 307 g/mol. The SMILES string of the molecule is Oc1ccccc1C=NCC(c1cccc(F)c1)N1CCOCC1. The lowest BCUT2D eigenvalue weighted by atomic mass is 10.0. The maximum absolute atomic E-state index is 13.6. The molecule has 2 aromatic carbocycles. The highest BCUT2D eigenvalue weighted by Crippen LogP contribution is 2.23. The molecule has 1 atom stereocenters. The van der Waals surface area contributed by atoms with Crippen LogP contribution in [-0.4, -0.2) is 49.1 Å². The van der Waals surface area contributed by atoms with Crippen molar-refractivity contribution in [3.05, 3.63) is 65.5 Å². The van der Waals surface area contributed by atoms with Gasteiger partial charge in [0.15, 0.2) is 0 Å². The number of para-hydroxylation sites is 1. The van der Waals surface area contributed by atoms with E-state index >= 15 is 0 Å². The highest BCUT2D eigenvalue weighted by molar-refractivity contribution is 5.83. The standard InChI is InChI=1S/C19H21FN2O2/c20-17-6-3-5-15(12-17)18(22-8-10-24-11-9-22)14-21-13-16-4-1-2-7-19(16)23/h1-7,12-13,18,23H,8-11,14H2. The van der Waals surface area contributed by atoms with Gasteiger partial charge in [0.1, 0.15) is 11.6 Å². The molecule has 3 rings (SSSR count). The third-order valence-corrected chi connectivity index (χ3v) is 4.17. The lowest BCUT2D eigenvalue weighted by molar-refractivity contribution is 0.0179. The topological polar surface area (TPSA) is 45.1 Å². The Balaban J connectivity index is 1.78. The highest BCUT2D eigenvalue weighted by atomic mass is 19.1. The van der Waals surface area contributed by atoms with E-state index in [0.29, 0.717) is 25.3 Å². The molecule has 1 saturated heterocycles. The molecule has 1 unspecified atom stereocenters. The summed E-state index contributed by atoms with van der Waals surface area (Å²) < 4.78 is 19.0. The van der Waals surface area contributed by atoms with Gasteiger partial charge in [0, 0.05) is 24.9 Å². The average Bonchev–Trinajstić information content (AvgIpc) is 2.61. The van der Waals surface area contributed by atoms with Gasteiger partial charge in [-0.1, -0.05) is 24.3 Å². The van der Waals surface area contributed by atoms with E-state index in [9.17, 15) is 9.50 Å². The smallest absolute Gasteiger partial charge is 0.124 e. The fourth-order valence-electron chi connectivity index (χ4n) is 2.88. The summed E-state index contributed by atoms with van der Waals surface area (Å²) in [5.74, 6) is -0.0367. The minimum Gasteiger partial charge on any atom is -0.507 e. The van der Waals surface area contributed by atoms with E-state index in [1.807, 2.05) is 18.2 Å². The number of rotatable bonds is 5. The van der Waals surface area contributed by atoms with Crippen LogP contribution in [0.25, 0.3) is 0 Å². The first-order valence-corrected chi connectivity index (χ1v) is 8.09. The molecule has 5 heteroatoms. The normalized spacial score (nSPS) is 17.2. The summed E-state index contributed by atoms with van der Waals surface area (Å²) in [5.41, 5.74) is 1.59. The van der Waals surface area contributed by atoms with Crippen LogP contribution < -0.4 is 0 Å². The number of ether oxygens (including phenoxy) is 1. The van der Waals surface area contributed by atoms with Crippen molar-refractivity contribution in [3.8, 4) is 5.75 Å². The van der Waals surface area contributed by atoms with Gasteiger partial charge in [-0.05, 0) is 29.8 Å². The third kappa shape index (κ3) is 4.19. The van der Waals surface area contributed by atoms with E-state index in [2.05, 4.69) is 9.89 Å². The molecular formula is C19H21FN2O2. The first kappa shape index (κ1) is 16.6. The van der Waals surface area contributed by atoms with Gasteiger partial charge in [-0.2, -0.15) is 0 Å². The van der Waals surface area contributed by atoms with Gasteiger partial charge in [0.05, 0.1) is 25.8 Å². The maximum atomic E-state index is 13.6. The van der Waals surface area contributed by atoms with Crippen molar-refractivity contribution in [3.63, 3.8) is 0 Å². The second-order valence-electron chi connectivity index (χ2n) is 5.77. The number of morpholine rings is 1. The van der Waals surface area contributed by atoms with Crippen LogP contribution in [0.1, 0.15) is 17.2 Å². The molecule has 1 heterocycles. The molecule has 1 N–H and O–H groups in total. The summed E-state index contributed by atoms with van der Waals surface area (Å²) in [5, 5.41) is 9.81. The number of benzene rings is 2. The predicted molar refractivity (Wildman–Crippen MR) is 92.1 cm³/mol.